The standard InChI is InChI=1S/C12H19N3O2/c1-9(2)4-5-15(3)7-11-10(12(16)17)6-13-8-14-11/h6,8-9H,4-5,7H2,1-3H3,(H,16,17). The summed E-state index contributed by atoms with van der Waals surface area (Å²) < 4.78 is 0. The number of aromatic nitrogens is 2. The molecule has 5 nitrogen and oxygen atoms in total. The second-order valence-corrected chi connectivity index (χ2v) is 4.61. The highest BCUT2D eigenvalue weighted by Gasteiger charge is 2.13. The number of hydrogen-bond donors (Lipinski definition) is 1. The molecule has 0 atom stereocenters. The summed E-state index contributed by atoms with van der Waals surface area (Å²) in [6, 6.07) is 0. The quantitative estimate of drug-likeness (QED) is 0.815. The average Bonchev–Trinajstić information content (AvgIpc) is 2.27. The molecule has 0 aliphatic rings. The van der Waals surface area contributed by atoms with Crippen LogP contribution < -0.4 is 0 Å². The molecule has 1 aromatic rings. The Labute approximate surface area is 102 Å². The van der Waals surface area contributed by atoms with Gasteiger partial charge in [-0.25, -0.2) is 14.8 Å². The Balaban J connectivity index is 2.64. The average molecular weight is 237 g/mol. The van der Waals surface area contributed by atoms with Crippen molar-refractivity contribution in [2.75, 3.05) is 13.6 Å². The molecule has 0 aliphatic carbocycles. The molecule has 0 amide bonds. The highest BCUT2D eigenvalue weighted by molar-refractivity contribution is 5.88. The van der Waals surface area contributed by atoms with Crippen LogP contribution in [0.4, 0.5) is 0 Å². The molecule has 1 heterocycles. The van der Waals surface area contributed by atoms with Crippen molar-refractivity contribution >= 4 is 5.97 Å². The molecule has 0 saturated carbocycles. The highest BCUT2D eigenvalue weighted by atomic mass is 16.4. The van der Waals surface area contributed by atoms with E-state index < -0.39 is 5.97 Å². The van der Waals surface area contributed by atoms with E-state index in [2.05, 4.69) is 28.7 Å². The lowest BCUT2D eigenvalue weighted by molar-refractivity contribution is 0.0693. The third-order valence-corrected chi connectivity index (χ3v) is 2.53. The summed E-state index contributed by atoms with van der Waals surface area (Å²) in [5.74, 6) is -0.334. The zero-order valence-corrected chi connectivity index (χ0v) is 10.6. The zero-order valence-electron chi connectivity index (χ0n) is 10.6. The fourth-order valence-electron chi connectivity index (χ4n) is 1.47. The monoisotopic (exact) mass is 237 g/mol. The van der Waals surface area contributed by atoms with Crippen LogP contribution in [0.5, 0.6) is 0 Å². The molecule has 1 N–H and O–H groups in total. The van der Waals surface area contributed by atoms with E-state index in [-0.39, 0.29) is 5.56 Å². The van der Waals surface area contributed by atoms with E-state index in [9.17, 15) is 4.79 Å². The minimum atomic E-state index is -0.974. The first kappa shape index (κ1) is 13.6. The Kier molecular flexibility index (Phi) is 5.03. The largest absolute Gasteiger partial charge is 0.478 e. The second-order valence-electron chi connectivity index (χ2n) is 4.61. The van der Waals surface area contributed by atoms with Crippen LogP contribution in [0.1, 0.15) is 36.3 Å². The zero-order chi connectivity index (χ0) is 12.8. The third-order valence-electron chi connectivity index (χ3n) is 2.53. The molecule has 1 rings (SSSR count). The van der Waals surface area contributed by atoms with Crippen LogP contribution in [0.2, 0.25) is 0 Å². The number of carbonyl (C=O) groups is 1. The second kappa shape index (κ2) is 6.30. The van der Waals surface area contributed by atoms with Crippen LogP contribution >= 0.6 is 0 Å². The number of carboxylic acid groups (broad SMARTS) is 1. The van der Waals surface area contributed by atoms with Crippen molar-refractivity contribution in [2.24, 2.45) is 5.92 Å². The normalized spacial score (nSPS) is 11.1. The summed E-state index contributed by atoms with van der Waals surface area (Å²) in [6.45, 7) is 5.81. The summed E-state index contributed by atoms with van der Waals surface area (Å²) in [7, 11) is 1.97. The Bertz CT molecular complexity index is 380. The first-order valence-electron chi connectivity index (χ1n) is 5.71. The topological polar surface area (TPSA) is 66.3 Å². The number of nitrogens with zero attached hydrogens (tertiary/aromatic N) is 3. The molecule has 0 saturated heterocycles. The highest BCUT2D eigenvalue weighted by Crippen LogP contribution is 2.08. The van der Waals surface area contributed by atoms with Gasteiger partial charge in [0.2, 0.25) is 0 Å². The fraction of sp³-hybridized carbons (Fsp3) is 0.583. The lowest BCUT2D eigenvalue weighted by Crippen LogP contribution is -2.22. The van der Waals surface area contributed by atoms with Gasteiger partial charge in [0, 0.05) is 12.7 Å². The molecule has 0 fully saturated rings. The predicted molar refractivity (Wildman–Crippen MR) is 64.8 cm³/mol. The molecule has 17 heavy (non-hydrogen) atoms. The molecule has 1 aromatic heterocycles. The van der Waals surface area contributed by atoms with Crippen LogP contribution in [0.25, 0.3) is 0 Å². The number of carboxylic acids is 1. The Hall–Kier alpha value is -1.49. The Morgan fingerprint density at radius 2 is 2.24 bits per heavy atom. The number of hydrogen-bond acceptors (Lipinski definition) is 4. The molecular weight excluding hydrogens is 218 g/mol. The van der Waals surface area contributed by atoms with Crippen molar-refractivity contribution in [1.82, 2.24) is 14.9 Å². The maximum Gasteiger partial charge on any atom is 0.339 e. The van der Waals surface area contributed by atoms with Gasteiger partial charge in [-0.2, -0.15) is 0 Å². The molecule has 0 radical (unpaired) electrons. The first-order chi connectivity index (χ1) is 8.00. The van der Waals surface area contributed by atoms with E-state index in [0.29, 0.717) is 18.2 Å². The summed E-state index contributed by atoms with van der Waals surface area (Å²) >= 11 is 0. The van der Waals surface area contributed by atoms with E-state index in [1.165, 1.54) is 12.5 Å². The van der Waals surface area contributed by atoms with Gasteiger partial charge in [-0.05, 0) is 25.9 Å². The predicted octanol–water partition coefficient (Wildman–Crippen LogP) is 1.65. The van der Waals surface area contributed by atoms with Gasteiger partial charge in [0.15, 0.2) is 0 Å². The smallest absolute Gasteiger partial charge is 0.339 e. The molecule has 94 valence electrons. The van der Waals surface area contributed by atoms with Crippen LogP contribution in [0.3, 0.4) is 0 Å². The van der Waals surface area contributed by atoms with E-state index in [4.69, 9.17) is 5.11 Å². The minimum absolute atomic E-state index is 0.184. The van der Waals surface area contributed by atoms with Crippen LogP contribution in [0, 0.1) is 5.92 Å². The van der Waals surface area contributed by atoms with Crippen molar-refractivity contribution in [2.45, 2.75) is 26.8 Å². The maximum absolute atomic E-state index is 11.0. The van der Waals surface area contributed by atoms with Crippen molar-refractivity contribution in [3.05, 3.63) is 23.8 Å². The Morgan fingerprint density at radius 3 is 2.82 bits per heavy atom. The molecule has 0 aliphatic heterocycles. The molecule has 0 bridgehead atoms. The molecule has 0 unspecified atom stereocenters. The van der Waals surface area contributed by atoms with Crippen LogP contribution in [0.15, 0.2) is 12.5 Å². The van der Waals surface area contributed by atoms with Gasteiger partial charge in [-0.15, -0.1) is 0 Å². The van der Waals surface area contributed by atoms with Gasteiger partial charge in [-0.1, -0.05) is 13.8 Å². The third kappa shape index (κ3) is 4.48. The van der Waals surface area contributed by atoms with Crippen molar-refractivity contribution in [3.63, 3.8) is 0 Å². The number of rotatable bonds is 6. The minimum Gasteiger partial charge on any atom is -0.478 e. The molecule has 5 heteroatoms. The van der Waals surface area contributed by atoms with Gasteiger partial charge >= 0.3 is 5.97 Å². The summed E-state index contributed by atoms with van der Waals surface area (Å²) in [6.07, 6.45) is 3.82. The van der Waals surface area contributed by atoms with Crippen LogP contribution in [-0.2, 0) is 6.54 Å². The summed E-state index contributed by atoms with van der Waals surface area (Å²) in [5.41, 5.74) is 0.752. The van der Waals surface area contributed by atoms with Gasteiger partial charge < -0.3 is 10.0 Å². The maximum atomic E-state index is 11.0. The fourth-order valence-corrected chi connectivity index (χ4v) is 1.47. The molecule has 0 spiro atoms. The van der Waals surface area contributed by atoms with E-state index in [1.54, 1.807) is 0 Å². The van der Waals surface area contributed by atoms with Gasteiger partial charge in [0.1, 0.15) is 11.9 Å². The summed E-state index contributed by atoms with van der Waals surface area (Å²) in [5, 5.41) is 9.00. The van der Waals surface area contributed by atoms with E-state index in [0.717, 1.165) is 13.0 Å². The number of aromatic carboxylic acids is 1. The van der Waals surface area contributed by atoms with Crippen LogP contribution in [-0.4, -0.2) is 39.5 Å². The lowest BCUT2D eigenvalue weighted by atomic mass is 10.1. The van der Waals surface area contributed by atoms with Crippen molar-refractivity contribution in [3.8, 4) is 0 Å². The lowest BCUT2D eigenvalue weighted by Gasteiger charge is -2.17. The van der Waals surface area contributed by atoms with E-state index >= 15 is 0 Å². The van der Waals surface area contributed by atoms with Gasteiger partial charge in [0.05, 0.1) is 5.69 Å². The first-order valence-corrected chi connectivity index (χ1v) is 5.71. The van der Waals surface area contributed by atoms with Crippen molar-refractivity contribution < 1.29 is 9.90 Å². The van der Waals surface area contributed by atoms with Crippen molar-refractivity contribution in [1.29, 1.82) is 0 Å². The van der Waals surface area contributed by atoms with E-state index in [1.807, 2.05) is 7.05 Å². The molecular formula is C12H19N3O2. The Morgan fingerprint density at radius 1 is 1.53 bits per heavy atom. The molecule has 0 aromatic carbocycles. The van der Waals surface area contributed by atoms with Gasteiger partial charge in [-0.3, -0.25) is 0 Å². The SMILES string of the molecule is CC(C)CCN(C)Cc1ncncc1C(=O)O. The summed E-state index contributed by atoms with van der Waals surface area (Å²) in [4.78, 5) is 20.8. The van der Waals surface area contributed by atoms with Gasteiger partial charge in [0.25, 0.3) is 0 Å².